The minimum absolute atomic E-state index is 0.142. The topological polar surface area (TPSA) is 78.0 Å². The Hall–Kier alpha value is -1.82. The van der Waals surface area contributed by atoms with Gasteiger partial charge < -0.3 is 15.8 Å². The molecule has 0 amide bonds. The van der Waals surface area contributed by atoms with E-state index in [4.69, 9.17) is 10.9 Å². The zero-order chi connectivity index (χ0) is 14.1. The third kappa shape index (κ3) is 2.20. The van der Waals surface area contributed by atoms with Crippen LogP contribution in [0, 0.1) is 0 Å². The van der Waals surface area contributed by atoms with Crippen LogP contribution < -0.4 is 10.6 Å². The molecule has 6 heteroatoms. The summed E-state index contributed by atoms with van der Waals surface area (Å²) < 4.78 is 0. The van der Waals surface area contributed by atoms with Crippen molar-refractivity contribution in [3.05, 3.63) is 24.0 Å². The molecule has 1 aromatic rings. The van der Waals surface area contributed by atoms with E-state index in [0.29, 0.717) is 12.1 Å². The molecule has 3 rings (SSSR count). The number of pyridine rings is 1. The maximum absolute atomic E-state index is 8.94. The van der Waals surface area contributed by atoms with E-state index in [1.807, 2.05) is 6.20 Å². The van der Waals surface area contributed by atoms with Gasteiger partial charge in [0.2, 0.25) is 0 Å². The second-order valence-corrected chi connectivity index (χ2v) is 5.67. The zero-order valence-corrected chi connectivity index (χ0v) is 11.7. The number of anilines is 1. The van der Waals surface area contributed by atoms with Gasteiger partial charge in [0.05, 0.1) is 11.9 Å². The summed E-state index contributed by atoms with van der Waals surface area (Å²) >= 11 is 0. The number of nitrogens with two attached hydrogens (primary N) is 1. The Morgan fingerprint density at radius 2 is 2.35 bits per heavy atom. The highest BCUT2D eigenvalue weighted by Crippen LogP contribution is 2.30. The molecule has 20 heavy (non-hydrogen) atoms. The fourth-order valence-corrected chi connectivity index (χ4v) is 3.41. The first-order valence-corrected chi connectivity index (χ1v) is 7.13. The molecular weight excluding hydrogens is 254 g/mol. The van der Waals surface area contributed by atoms with Gasteiger partial charge in [-0.25, -0.2) is 0 Å². The van der Waals surface area contributed by atoms with Crippen molar-refractivity contribution in [1.82, 2.24) is 9.88 Å². The van der Waals surface area contributed by atoms with Gasteiger partial charge in [-0.3, -0.25) is 9.88 Å². The lowest BCUT2D eigenvalue weighted by Gasteiger charge is -2.44. The fraction of sp³-hybridized carbons (Fsp3) is 0.571. The molecule has 0 saturated carbocycles. The normalized spacial score (nSPS) is 27.6. The molecule has 108 valence electrons. The summed E-state index contributed by atoms with van der Waals surface area (Å²) in [6.07, 6.45) is 6.02. The van der Waals surface area contributed by atoms with Gasteiger partial charge in [-0.15, -0.1) is 0 Å². The molecular formula is C14H21N5O. The molecule has 6 nitrogen and oxygen atoms in total. The second-order valence-electron chi connectivity index (χ2n) is 5.67. The summed E-state index contributed by atoms with van der Waals surface area (Å²) in [5, 5.41) is 12.1. The molecule has 0 radical (unpaired) electrons. The SMILES string of the molecule is CC1CN2CCCC2CN1c1cnccc1/C(N)=N/O. The van der Waals surface area contributed by atoms with Gasteiger partial charge >= 0.3 is 0 Å². The summed E-state index contributed by atoms with van der Waals surface area (Å²) in [7, 11) is 0. The van der Waals surface area contributed by atoms with Crippen LogP contribution in [0.1, 0.15) is 25.3 Å². The number of hydrogen-bond donors (Lipinski definition) is 2. The quantitative estimate of drug-likeness (QED) is 0.362. The van der Waals surface area contributed by atoms with Crippen LogP contribution in [-0.4, -0.2) is 52.6 Å². The van der Waals surface area contributed by atoms with E-state index in [1.165, 1.54) is 19.4 Å². The number of fused-ring (bicyclic) bond motifs is 1. The fourth-order valence-electron chi connectivity index (χ4n) is 3.41. The summed E-state index contributed by atoms with van der Waals surface area (Å²) in [6, 6.07) is 2.82. The highest BCUT2D eigenvalue weighted by molar-refractivity contribution is 6.02. The molecule has 2 fully saturated rings. The van der Waals surface area contributed by atoms with Crippen LogP contribution in [0.4, 0.5) is 5.69 Å². The number of nitrogens with zero attached hydrogens (tertiary/aromatic N) is 4. The predicted molar refractivity (Wildman–Crippen MR) is 78.2 cm³/mol. The number of rotatable bonds is 2. The highest BCUT2D eigenvalue weighted by atomic mass is 16.4. The predicted octanol–water partition coefficient (Wildman–Crippen LogP) is 0.849. The second kappa shape index (κ2) is 5.28. The molecule has 0 spiro atoms. The van der Waals surface area contributed by atoms with Crippen LogP contribution in [0.25, 0.3) is 0 Å². The number of aromatic nitrogens is 1. The van der Waals surface area contributed by atoms with Crippen LogP contribution in [0.5, 0.6) is 0 Å². The standard InChI is InChI=1S/C14H21N5O/c1-10-8-18-6-2-3-11(18)9-19(10)13-7-16-5-4-12(13)14(15)17-20/h4-5,7,10-11,20H,2-3,6,8-9H2,1H3,(H2,15,17). The zero-order valence-electron chi connectivity index (χ0n) is 11.7. The van der Waals surface area contributed by atoms with E-state index < -0.39 is 0 Å². The largest absolute Gasteiger partial charge is 0.409 e. The Kier molecular flexibility index (Phi) is 3.48. The summed E-state index contributed by atoms with van der Waals surface area (Å²) in [4.78, 5) is 9.12. The van der Waals surface area contributed by atoms with E-state index in [2.05, 4.69) is 26.9 Å². The molecule has 2 aliphatic rings. The maximum Gasteiger partial charge on any atom is 0.172 e. The molecule has 0 aliphatic carbocycles. The van der Waals surface area contributed by atoms with Crippen molar-refractivity contribution < 1.29 is 5.21 Å². The van der Waals surface area contributed by atoms with E-state index in [0.717, 1.165) is 24.3 Å². The number of hydrogen-bond acceptors (Lipinski definition) is 5. The van der Waals surface area contributed by atoms with Gasteiger partial charge in [0.1, 0.15) is 0 Å². The Bertz CT molecular complexity index is 518. The van der Waals surface area contributed by atoms with Crippen molar-refractivity contribution in [3.63, 3.8) is 0 Å². The number of piperazine rings is 1. The molecule has 2 unspecified atom stereocenters. The first kappa shape index (κ1) is 13.2. The monoisotopic (exact) mass is 275 g/mol. The van der Waals surface area contributed by atoms with E-state index in [9.17, 15) is 0 Å². The van der Waals surface area contributed by atoms with Gasteiger partial charge in [0, 0.05) is 36.9 Å². The Labute approximate surface area is 118 Å². The summed E-state index contributed by atoms with van der Waals surface area (Å²) in [5.41, 5.74) is 7.50. The Balaban J connectivity index is 1.92. The maximum atomic E-state index is 8.94. The van der Waals surface area contributed by atoms with Crippen molar-refractivity contribution in [2.45, 2.75) is 31.8 Å². The van der Waals surface area contributed by atoms with Gasteiger partial charge in [-0.1, -0.05) is 5.16 Å². The summed E-state index contributed by atoms with van der Waals surface area (Å²) in [6.45, 7) is 5.48. The third-order valence-electron chi connectivity index (χ3n) is 4.43. The molecule has 3 heterocycles. The number of amidine groups is 1. The average Bonchev–Trinajstić information content (AvgIpc) is 2.92. The molecule has 2 aliphatic heterocycles. The summed E-state index contributed by atoms with van der Waals surface area (Å²) in [5.74, 6) is 0.142. The van der Waals surface area contributed by atoms with Crippen LogP contribution in [0.3, 0.4) is 0 Å². The minimum atomic E-state index is 0.142. The molecule has 1 aromatic heterocycles. The lowest BCUT2D eigenvalue weighted by Crippen LogP contribution is -2.55. The lowest BCUT2D eigenvalue weighted by atomic mass is 10.1. The molecule has 3 N–H and O–H groups in total. The van der Waals surface area contributed by atoms with Gasteiger partial charge in [-0.2, -0.15) is 0 Å². The van der Waals surface area contributed by atoms with Crippen molar-refractivity contribution in [3.8, 4) is 0 Å². The van der Waals surface area contributed by atoms with Crippen molar-refractivity contribution in [1.29, 1.82) is 0 Å². The first-order chi connectivity index (χ1) is 9.70. The molecule has 0 aromatic carbocycles. The lowest BCUT2D eigenvalue weighted by molar-refractivity contribution is 0.203. The Morgan fingerprint density at radius 1 is 1.50 bits per heavy atom. The van der Waals surface area contributed by atoms with Crippen LogP contribution >= 0.6 is 0 Å². The van der Waals surface area contributed by atoms with E-state index >= 15 is 0 Å². The van der Waals surface area contributed by atoms with Gasteiger partial charge in [0.25, 0.3) is 0 Å². The van der Waals surface area contributed by atoms with Crippen molar-refractivity contribution >= 4 is 11.5 Å². The van der Waals surface area contributed by atoms with Crippen molar-refractivity contribution in [2.75, 3.05) is 24.5 Å². The smallest absolute Gasteiger partial charge is 0.172 e. The van der Waals surface area contributed by atoms with Crippen LogP contribution in [0.15, 0.2) is 23.6 Å². The third-order valence-corrected chi connectivity index (χ3v) is 4.43. The molecule has 2 saturated heterocycles. The Morgan fingerprint density at radius 3 is 3.15 bits per heavy atom. The number of oxime groups is 1. The molecule has 2 atom stereocenters. The van der Waals surface area contributed by atoms with Crippen LogP contribution in [0.2, 0.25) is 0 Å². The van der Waals surface area contributed by atoms with Crippen molar-refractivity contribution in [2.24, 2.45) is 10.9 Å². The minimum Gasteiger partial charge on any atom is -0.409 e. The van der Waals surface area contributed by atoms with Gasteiger partial charge in [-0.05, 0) is 32.4 Å². The highest BCUT2D eigenvalue weighted by Gasteiger charge is 2.35. The molecule has 0 bridgehead atoms. The van der Waals surface area contributed by atoms with E-state index in [1.54, 1.807) is 12.3 Å². The van der Waals surface area contributed by atoms with E-state index in [-0.39, 0.29) is 5.84 Å². The van der Waals surface area contributed by atoms with Crippen LogP contribution in [-0.2, 0) is 0 Å². The van der Waals surface area contributed by atoms with Gasteiger partial charge in [0.15, 0.2) is 5.84 Å². The average molecular weight is 275 g/mol. The first-order valence-electron chi connectivity index (χ1n) is 7.13.